The lowest BCUT2D eigenvalue weighted by Gasteiger charge is -2.15. The van der Waals surface area contributed by atoms with Crippen LogP contribution in [0.25, 0.3) is 10.9 Å². The third-order valence-corrected chi connectivity index (χ3v) is 6.18. The number of anilines is 1. The fourth-order valence-electron chi connectivity index (χ4n) is 2.78. The van der Waals surface area contributed by atoms with Crippen molar-refractivity contribution in [2.45, 2.75) is 25.5 Å². The quantitative estimate of drug-likeness (QED) is 0.318. The summed E-state index contributed by atoms with van der Waals surface area (Å²) in [6.07, 6.45) is 0. The van der Waals surface area contributed by atoms with Gasteiger partial charge in [-0.3, -0.25) is 14.2 Å². The van der Waals surface area contributed by atoms with Crippen molar-refractivity contribution in [3.05, 3.63) is 49.9 Å². The summed E-state index contributed by atoms with van der Waals surface area (Å²) in [7, 11) is 1.29. The van der Waals surface area contributed by atoms with Crippen LogP contribution in [0.1, 0.15) is 23.5 Å². The topological polar surface area (TPSA) is 90.3 Å². The van der Waals surface area contributed by atoms with E-state index in [0.717, 1.165) is 0 Å². The van der Waals surface area contributed by atoms with Crippen LogP contribution in [0, 0.1) is 5.92 Å². The number of hydrogen-bond donors (Lipinski definition) is 1. The van der Waals surface area contributed by atoms with Gasteiger partial charge in [0.05, 0.1) is 29.5 Å². The first-order valence-electron chi connectivity index (χ1n) is 9.08. The highest BCUT2D eigenvalue weighted by atomic mass is 35.5. The number of hydrogen-bond acceptors (Lipinski definition) is 7. The molecule has 0 saturated heterocycles. The molecular formula is C20H20ClN3O4S2. The molecule has 0 spiro atoms. The second-order valence-electron chi connectivity index (χ2n) is 6.86. The highest BCUT2D eigenvalue weighted by Gasteiger charge is 2.18. The lowest BCUT2D eigenvalue weighted by molar-refractivity contribution is -0.113. The Morgan fingerprint density at radius 1 is 1.33 bits per heavy atom. The molecule has 0 fully saturated rings. The summed E-state index contributed by atoms with van der Waals surface area (Å²) in [4.78, 5) is 42.1. The molecule has 0 unspecified atom stereocenters. The molecule has 0 aliphatic carbocycles. The number of nitrogens with one attached hydrogen (secondary N) is 1. The molecule has 0 atom stereocenters. The Bertz CT molecular complexity index is 1160. The maximum absolute atomic E-state index is 13.0. The number of aromatic nitrogens is 2. The minimum absolute atomic E-state index is 0.0279. The maximum Gasteiger partial charge on any atom is 0.350 e. The summed E-state index contributed by atoms with van der Waals surface area (Å²) in [6, 6.07) is 6.62. The van der Waals surface area contributed by atoms with E-state index in [1.54, 1.807) is 34.2 Å². The van der Waals surface area contributed by atoms with E-state index in [-0.39, 0.29) is 23.1 Å². The van der Waals surface area contributed by atoms with Crippen molar-refractivity contribution in [2.75, 3.05) is 18.2 Å². The smallest absolute Gasteiger partial charge is 0.350 e. The Balaban J connectivity index is 1.84. The van der Waals surface area contributed by atoms with Gasteiger partial charge >= 0.3 is 5.97 Å². The van der Waals surface area contributed by atoms with Gasteiger partial charge in [-0.2, -0.15) is 0 Å². The van der Waals surface area contributed by atoms with Gasteiger partial charge in [-0.1, -0.05) is 37.2 Å². The number of amides is 1. The summed E-state index contributed by atoms with van der Waals surface area (Å²) in [5, 5.41) is 5.78. The molecule has 1 aromatic carbocycles. The number of benzene rings is 1. The van der Waals surface area contributed by atoms with Crippen LogP contribution in [-0.2, 0) is 16.1 Å². The number of nitrogens with zero attached hydrogens (tertiary/aromatic N) is 2. The van der Waals surface area contributed by atoms with Gasteiger partial charge in [-0.15, -0.1) is 11.3 Å². The lowest BCUT2D eigenvalue weighted by Crippen LogP contribution is -2.26. The van der Waals surface area contributed by atoms with E-state index in [1.165, 1.54) is 30.2 Å². The largest absolute Gasteiger partial charge is 0.465 e. The second-order valence-corrected chi connectivity index (χ2v) is 9.15. The molecule has 1 N–H and O–H groups in total. The predicted octanol–water partition coefficient (Wildman–Crippen LogP) is 4.28. The SMILES string of the molecule is COC(=O)c1sccc1NC(=O)CSc1nc2ccc(Cl)cc2c(=O)n1CC(C)C. The normalized spacial score (nSPS) is 11.1. The van der Waals surface area contributed by atoms with E-state index in [4.69, 9.17) is 16.3 Å². The first-order chi connectivity index (χ1) is 14.3. The number of fused-ring (bicyclic) bond motifs is 1. The molecule has 3 rings (SSSR count). The van der Waals surface area contributed by atoms with E-state index >= 15 is 0 Å². The van der Waals surface area contributed by atoms with Gasteiger partial charge in [0.1, 0.15) is 4.88 Å². The average molecular weight is 466 g/mol. The van der Waals surface area contributed by atoms with Gasteiger partial charge in [0.2, 0.25) is 5.91 Å². The molecule has 158 valence electrons. The second kappa shape index (κ2) is 9.63. The fourth-order valence-corrected chi connectivity index (χ4v) is 4.53. The zero-order valence-electron chi connectivity index (χ0n) is 16.6. The Morgan fingerprint density at radius 3 is 2.80 bits per heavy atom. The molecule has 0 saturated carbocycles. The molecule has 1 amide bonds. The highest BCUT2D eigenvalue weighted by molar-refractivity contribution is 7.99. The van der Waals surface area contributed by atoms with E-state index < -0.39 is 5.97 Å². The third-order valence-electron chi connectivity index (χ3n) is 4.07. The summed E-state index contributed by atoms with van der Waals surface area (Å²) >= 11 is 8.39. The van der Waals surface area contributed by atoms with Crippen LogP contribution in [0.3, 0.4) is 0 Å². The number of thioether (sulfide) groups is 1. The van der Waals surface area contributed by atoms with Gasteiger partial charge < -0.3 is 10.1 Å². The number of carbonyl (C=O) groups is 2. The third kappa shape index (κ3) is 5.03. The molecule has 0 aliphatic heterocycles. The number of rotatable bonds is 7. The molecule has 10 heteroatoms. The van der Waals surface area contributed by atoms with Gasteiger partial charge in [0, 0.05) is 11.6 Å². The average Bonchev–Trinajstić information content (AvgIpc) is 3.16. The first kappa shape index (κ1) is 22.3. The van der Waals surface area contributed by atoms with E-state index in [9.17, 15) is 14.4 Å². The Morgan fingerprint density at radius 2 is 2.10 bits per heavy atom. The first-order valence-corrected chi connectivity index (χ1v) is 11.3. The Kier molecular flexibility index (Phi) is 7.17. The maximum atomic E-state index is 13.0. The van der Waals surface area contributed by atoms with Crippen molar-refractivity contribution < 1.29 is 14.3 Å². The van der Waals surface area contributed by atoms with Crippen molar-refractivity contribution in [3.63, 3.8) is 0 Å². The van der Waals surface area contributed by atoms with Crippen molar-refractivity contribution in [3.8, 4) is 0 Å². The molecule has 0 radical (unpaired) electrons. The van der Waals surface area contributed by atoms with Crippen molar-refractivity contribution >= 4 is 63.2 Å². The lowest BCUT2D eigenvalue weighted by atomic mass is 10.2. The molecule has 3 aromatic rings. The minimum Gasteiger partial charge on any atom is -0.465 e. The van der Waals surface area contributed by atoms with Crippen LogP contribution in [0.5, 0.6) is 0 Å². The highest BCUT2D eigenvalue weighted by Crippen LogP contribution is 2.25. The molecular weight excluding hydrogens is 446 g/mol. The van der Waals surface area contributed by atoms with Crippen molar-refractivity contribution in [1.29, 1.82) is 0 Å². The molecule has 7 nitrogen and oxygen atoms in total. The van der Waals surface area contributed by atoms with E-state index in [1.807, 2.05) is 13.8 Å². The number of esters is 1. The predicted molar refractivity (Wildman–Crippen MR) is 121 cm³/mol. The van der Waals surface area contributed by atoms with Crippen LogP contribution in [-0.4, -0.2) is 34.3 Å². The van der Waals surface area contributed by atoms with Crippen molar-refractivity contribution in [2.24, 2.45) is 5.92 Å². The number of methoxy groups -OCH3 is 1. The molecule has 0 aliphatic rings. The zero-order chi connectivity index (χ0) is 21.8. The van der Waals surface area contributed by atoms with Crippen LogP contribution in [0.4, 0.5) is 5.69 Å². The number of halogens is 1. The van der Waals surface area contributed by atoms with Gasteiger partial charge in [0.15, 0.2) is 5.16 Å². The van der Waals surface area contributed by atoms with Gasteiger partial charge in [-0.25, -0.2) is 9.78 Å². The van der Waals surface area contributed by atoms with Crippen LogP contribution < -0.4 is 10.9 Å². The van der Waals surface area contributed by atoms with Crippen LogP contribution in [0.15, 0.2) is 39.6 Å². The van der Waals surface area contributed by atoms with Gasteiger partial charge in [-0.05, 0) is 35.6 Å². The number of ether oxygens (including phenoxy) is 1. The molecule has 2 heterocycles. The van der Waals surface area contributed by atoms with Crippen LogP contribution in [0.2, 0.25) is 5.02 Å². The molecule has 30 heavy (non-hydrogen) atoms. The standard InChI is InChI=1S/C20H20ClN3O4S2/c1-11(2)9-24-18(26)13-8-12(21)4-5-14(13)23-20(24)30-10-16(25)22-15-6-7-29-17(15)19(27)28-3/h4-8,11H,9-10H2,1-3H3,(H,22,25). The number of thiophene rings is 1. The molecule has 2 aromatic heterocycles. The van der Waals surface area contributed by atoms with E-state index in [2.05, 4.69) is 10.3 Å². The van der Waals surface area contributed by atoms with Crippen molar-refractivity contribution in [1.82, 2.24) is 9.55 Å². The zero-order valence-corrected chi connectivity index (χ0v) is 19.0. The van der Waals surface area contributed by atoms with E-state index in [0.29, 0.717) is 38.2 Å². The van der Waals surface area contributed by atoms with Gasteiger partial charge in [0.25, 0.3) is 5.56 Å². The Hall–Kier alpha value is -2.36. The Labute approximate surface area is 186 Å². The number of carbonyl (C=O) groups excluding carboxylic acids is 2. The summed E-state index contributed by atoms with van der Waals surface area (Å²) in [5.41, 5.74) is 0.737. The summed E-state index contributed by atoms with van der Waals surface area (Å²) < 4.78 is 6.29. The monoisotopic (exact) mass is 465 g/mol. The van der Waals surface area contributed by atoms with Crippen LogP contribution >= 0.6 is 34.7 Å². The summed E-state index contributed by atoms with van der Waals surface area (Å²) in [5.74, 6) is -0.582. The summed E-state index contributed by atoms with van der Waals surface area (Å²) in [6.45, 7) is 4.47. The minimum atomic E-state index is -0.506. The fraction of sp³-hybridized carbons (Fsp3) is 0.300. The molecule has 0 bridgehead atoms.